The number of nitrogens with one attached hydrogen (secondary N) is 1. The van der Waals surface area contributed by atoms with Gasteiger partial charge in [0.15, 0.2) is 11.5 Å². The van der Waals surface area contributed by atoms with Gasteiger partial charge in [-0.25, -0.2) is 9.97 Å². The van der Waals surface area contributed by atoms with Gasteiger partial charge < -0.3 is 24.8 Å². The van der Waals surface area contributed by atoms with E-state index in [1.54, 1.807) is 45.2 Å². The normalized spacial score (nSPS) is 16.6. The Morgan fingerprint density at radius 3 is 2.76 bits per heavy atom. The number of halogens is 2. The van der Waals surface area contributed by atoms with Crippen LogP contribution < -0.4 is 14.8 Å². The minimum absolute atomic E-state index is 0.00545. The monoisotopic (exact) mass is 514 g/mol. The Balaban J connectivity index is 1.64. The van der Waals surface area contributed by atoms with Gasteiger partial charge >= 0.3 is 0 Å². The molecule has 1 aliphatic rings. The molecule has 2 atom stereocenters. The third kappa shape index (κ3) is 5.74. The second-order valence-corrected chi connectivity index (χ2v) is 9.31. The lowest BCUT2D eigenvalue weighted by atomic mass is 10.0. The van der Waals surface area contributed by atoms with Crippen molar-refractivity contribution in [1.82, 2.24) is 14.9 Å². The van der Waals surface area contributed by atoms with Crippen LogP contribution in [0.25, 0.3) is 10.9 Å². The summed E-state index contributed by atoms with van der Waals surface area (Å²) in [6, 6.07) is 9.15. The number of fused-ring (bicyclic) bond motifs is 1. The lowest BCUT2D eigenvalue weighted by molar-refractivity contribution is -0.130. The number of alkyl halides is 2. The van der Waals surface area contributed by atoms with Gasteiger partial charge in [-0.3, -0.25) is 4.79 Å². The van der Waals surface area contributed by atoms with Crippen LogP contribution in [0.15, 0.2) is 36.4 Å². The van der Waals surface area contributed by atoms with Gasteiger partial charge in [0.05, 0.1) is 18.7 Å². The number of benzene rings is 2. The number of hydrogen-bond donors (Lipinski definition) is 2. The van der Waals surface area contributed by atoms with Crippen molar-refractivity contribution < 1.29 is 28.2 Å². The highest BCUT2D eigenvalue weighted by Gasteiger charge is 2.31. The molecule has 2 heterocycles. The zero-order valence-electron chi connectivity index (χ0n) is 21.4. The summed E-state index contributed by atoms with van der Waals surface area (Å²) in [5.74, 6) is -1.24. The van der Waals surface area contributed by atoms with E-state index in [9.17, 15) is 13.6 Å². The number of carbonyl (C=O) groups is 1. The molecular formula is C27H32F2N4O4. The molecule has 0 aliphatic carbocycles. The van der Waals surface area contributed by atoms with Crippen molar-refractivity contribution in [3.8, 4) is 11.5 Å². The number of carbonyl (C=O) groups excluding carboxylic acids is 1. The van der Waals surface area contributed by atoms with E-state index in [0.29, 0.717) is 46.2 Å². The number of aryl methyl sites for hydroxylation is 1. The molecule has 37 heavy (non-hydrogen) atoms. The molecular weight excluding hydrogens is 482 g/mol. The Morgan fingerprint density at radius 1 is 1.27 bits per heavy atom. The van der Waals surface area contributed by atoms with Gasteiger partial charge in [-0.1, -0.05) is 18.2 Å². The average molecular weight is 515 g/mol. The van der Waals surface area contributed by atoms with E-state index in [1.165, 1.54) is 12.1 Å². The Kier molecular flexibility index (Phi) is 7.77. The number of anilines is 1. The summed E-state index contributed by atoms with van der Waals surface area (Å²) in [6.45, 7) is 4.97. The molecule has 0 spiro atoms. The van der Waals surface area contributed by atoms with Crippen molar-refractivity contribution in [1.29, 1.82) is 0 Å². The molecule has 1 amide bonds. The summed E-state index contributed by atoms with van der Waals surface area (Å²) in [5, 5.41) is 13.1. The molecule has 1 saturated heterocycles. The number of ether oxygens (including phenoxy) is 2. The van der Waals surface area contributed by atoms with E-state index in [1.807, 2.05) is 11.8 Å². The molecule has 2 N–H and O–H groups in total. The highest BCUT2D eigenvalue weighted by atomic mass is 19.3. The zero-order valence-corrected chi connectivity index (χ0v) is 21.4. The standard InChI is InChI=1S/C27H32F2N4O4/c1-16(19-7-5-8-20(11-19)27(28,29)15-34)30-26-22-12-25(24(36-4)13-23(22)31-17(2)32-26)37-14-21-9-6-10-33(21)18(3)35/h5,7-8,11-13,16,21,34H,6,9-10,14-15H2,1-4H3,(H,30,31,32)/t16-,21+/m1/s1. The first-order chi connectivity index (χ1) is 17.6. The fraction of sp³-hybridized carbons (Fsp3) is 0.444. The number of likely N-dealkylation sites (tertiary alicyclic amines) is 1. The molecule has 4 rings (SSSR count). The third-order valence-corrected chi connectivity index (χ3v) is 6.67. The summed E-state index contributed by atoms with van der Waals surface area (Å²) in [4.78, 5) is 22.8. The summed E-state index contributed by atoms with van der Waals surface area (Å²) in [6.07, 6.45) is 1.81. The minimum atomic E-state index is -3.33. The highest BCUT2D eigenvalue weighted by molar-refractivity contribution is 5.92. The largest absolute Gasteiger partial charge is 0.493 e. The highest BCUT2D eigenvalue weighted by Crippen LogP contribution is 2.36. The predicted octanol–water partition coefficient (Wildman–Crippen LogP) is 4.59. The van der Waals surface area contributed by atoms with Crippen LogP contribution >= 0.6 is 0 Å². The van der Waals surface area contributed by atoms with Crippen LogP contribution in [-0.2, 0) is 10.7 Å². The molecule has 1 aromatic heterocycles. The average Bonchev–Trinajstić information content (AvgIpc) is 3.36. The molecule has 0 saturated carbocycles. The smallest absolute Gasteiger partial charge is 0.295 e. The quantitative estimate of drug-likeness (QED) is 0.431. The molecule has 0 bridgehead atoms. The van der Waals surface area contributed by atoms with Crippen LogP contribution in [0.3, 0.4) is 0 Å². The summed E-state index contributed by atoms with van der Waals surface area (Å²) in [5.41, 5.74) is 1.00. The molecule has 0 radical (unpaired) electrons. The maximum absolute atomic E-state index is 14.0. The van der Waals surface area contributed by atoms with Crippen LogP contribution in [0.2, 0.25) is 0 Å². The van der Waals surface area contributed by atoms with Gasteiger partial charge in [0.1, 0.15) is 24.9 Å². The van der Waals surface area contributed by atoms with Crippen LogP contribution in [0, 0.1) is 6.92 Å². The number of nitrogens with zero attached hydrogens (tertiary/aromatic N) is 3. The van der Waals surface area contributed by atoms with Crippen molar-refractivity contribution in [2.45, 2.75) is 51.6 Å². The van der Waals surface area contributed by atoms with Crippen LogP contribution in [0.4, 0.5) is 14.6 Å². The SMILES string of the molecule is COc1cc2nc(C)nc(N[C@H](C)c3cccc(C(F)(F)CO)c3)c2cc1OC[C@@H]1CCCN1C(C)=O. The fourth-order valence-corrected chi connectivity index (χ4v) is 4.66. The number of methoxy groups -OCH3 is 1. The van der Waals surface area contributed by atoms with Crippen LogP contribution in [-0.4, -0.2) is 58.8 Å². The zero-order chi connectivity index (χ0) is 26.7. The summed E-state index contributed by atoms with van der Waals surface area (Å²) >= 11 is 0. The Labute approximate surface area is 214 Å². The second-order valence-electron chi connectivity index (χ2n) is 9.31. The topological polar surface area (TPSA) is 96.8 Å². The Hall–Kier alpha value is -3.53. The van der Waals surface area contributed by atoms with Crippen molar-refractivity contribution in [2.75, 3.05) is 32.2 Å². The summed E-state index contributed by atoms with van der Waals surface area (Å²) < 4.78 is 39.8. The van der Waals surface area contributed by atoms with Crippen molar-refractivity contribution in [3.63, 3.8) is 0 Å². The number of aliphatic hydroxyl groups excluding tert-OH is 1. The van der Waals surface area contributed by atoms with Gasteiger partial charge in [-0.15, -0.1) is 0 Å². The van der Waals surface area contributed by atoms with E-state index < -0.39 is 12.5 Å². The number of rotatable bonds is 9. The van der Waals surface area contributed by atoms with E-state index in [-0.39, 0.29) is 23.6 Å². The van der Waals surface area contributed by atoms with Gasteiger partial charge in [0.25, 0.3) is 5.92 Å². The van der Waals surface area contributed by atoms with Crippen molar-refractivity contribution in [3.05, 3.63) is 53.3 Å². The Morgan fingerprint density at radius 2 is 2.05 bits per heavy atom. The number of aliphatic hydroxyl groups is 1. The third-order valence-electron chi connectivity index (χ3n) is 6.67. The van der Waals surface area contributed by atoms with Gasteiger partial charge in [0, 0.05) is 36.5 Å². The first-order valence-electron chi connectivity index (χ1n) is 12.2. The number of aromatic nitrogens is 2. The molecule has 1 aliphatic heterocycles. The fourth-order valence-electron chi connectivity index (χ4n) is 4.66. The molecule has 0 unspecified atom stereocenters. The second kappa shape index (κ2) is 10.8. The maximum Gasteiger partial charge on any atom is 0.295 e. The number of amides is 1. The van der Waals surface area contributed by atoms with Crippen molar-refractivity contribution >= 4 is 22.6 Å². The van der Waals surface area contributed by atoms with E-state index in [0.717, 1.165) is 19.4 Å². The first-order valence-corrected chi connectivity index (χ1v) is 12.2. The maximum atomic E-state index is 14.0. The predicted molar refractivity (Wildman–Crippen MR) is 136 cm³/mol. The minimum Gasteiger partial charge on any atom is -0.493 e. The molecule has 2 aromatic carbocycles. The van der Waals surface area contributed by atoms with Gasteiger partial charge in [-0.2, -0.15) is 8.78 Å². The van der Waals surface area contributed by atoms with E-state index in [2.05, 4.69) is 15.3 Å². The molecule has 3 aromatic rings. The molecule has 1 fully saturated rings. The van der Waals surface area contributed by atoms with Crippen molar-refractivity contribution in [2.24, 2.45) is 0 Å². The van der Waals surface area contributed by atoms with E-state index >= 15 is 0 Å². The van der Waals surface area contributed by atoms with Crippen LogP contribution in [0.1, 0.15) is 49.7 Å². The lowest BCUT2D eigenvalue weighted by Gasteiger charge is -2.24. The van der Waals surface area contributed by atoms with E-state index in [4.69, 9.17) is 14.6 Å². The summed E-state index contributed by atoms with van der Waals surface area (Å²) in [7, 11) is 1.55. The molecule has 8 nitrogen and oxygen atoms in total. The Bertz CT molecular complexity index is 1290. The lowest BCUT2D eigenvalue weighted by Crippen LogP contribution is -2.37. The van der Waals surface area contributed by atoms with Gasteiger partial charge in [0.2, 0.25) is 5.91 Å². The number of hydrogen-bond acceptors (Lipinski definition) is 7. The van der Waals surface area contributed by atoms with Crippen LogP contribution in [0.5, 0.6) is 11.5 Å². The molecule has 198 valence electrons. The van der Waals surface area contributed by atoms with Gasteiger partial charge in [-0.05, 0) is 44.4 Å². The first kappa shape index (κ1) is 26.5. The molecule has 10 heteroatoms.